The van der Waals surface area contributed by atoms with Crippen LogP contribution in [0.25, 0.3) is 0 Å². The number of phenols is 1. The highest BCUT2D eigenvalue weighted by atomic mass is 16.5. The van der Waals surface area contributed by atoms with Gasteiger partial charge in [0, 0.05) is 25.4 Å². The molecule has 1 unspecified atom stereocenters. The molecule has 1 aliphatic heterocycles. The summed E-state index contributed by atoms with van der Waals surface area (Å²) in [6.45, 7) is 1.19. The maximum Gasteiger partial charge on any atom is 0.223 e. The first-order valence-corrected chi connectivity index (χ1v) is 10.0. The van der Waals surface area contributed by atoms with Crippen molar-refractivity contribution in [2.45, 2.75) is 50.7 Å². The number of likely N-dealkylation sites (tertiary alicyclic amines) is 1. The summed E-state index contributed by atoms with van der Waals surface area (Å²) in [5.74, 6) is 2.04. The SMILES string of the molecule is COc1ccc(C2CC(=O)N(Cc3cccc(O)c3)C2)cc1OC1CCCC1. The van der Waals surface area contributed by atoms with Crippen LogP contribution in [0, 0.1) is 0 Å². The summed E-state index contributed by atoms with van der Waals surface area (Å²) in [4.78, 5) is 14.4. The summed E-state index contributed by atoms with van der Waals surface area (Å²) in [7, 11) is 1.66. The number of ether oxygens (including phenoxy) is 2. The van der Waals surface area contributed by atoms with Crippen molar-refractivity contribution in [2.75, 3.05) is 13.7 Å². The van der Waals surface area contributed by atoms with E-state index in [9.17, 15) is 9.90 Å². The van der Waals surface area contributed by atoms with E-state index in [-0.39, 0.29) is 23.7 Å². The first kappa shape index (κ1) is 18.7. The smallest absolute Gasteiger partial charge is 0.223 e. The average Bonchev–Trinajstić information content (AvgIpc) is 3.32. The molecule has 28 heavy (non-hydrogen) atoms. The molecule has 1 atom stereocenters. The highest BCUT2D eigenvalue weighted by molar-refractivity contribution is 5.79. The molecule has 2 fully saturated rings. The zero-order valence-corrected chi connectivity index (χ0v) is 16.3. The van der Waals surface area contributed by atoms with E-state index in [0.29, 0.717) is 19.5 Å². The molecule has 0 bridgehead atoms. The molecule has 4 rings (SSSR count). The molecule has 0 radical (unpaired) electrons. The molecule has 5 heteroatoms. The van der Waals surface area contributed by atoms with Gasteiger partial charge in [-0.1, -0.05) is 18.2 Å². The fourth-order valence-electron chi connectivity index (χ4n) is 4.25. The van der Waals surface area contributed by atoms with Crippen LogP contribution in [0.4, 0.5) is 0 Å². The third-order valence-corrected chi connectivity index (χ3v) is 5.75. The Morgan fingerprint density at radius 2 is 1.93 bits per heavy atom. The van der Waals surface area contributed by atoms with Crippen LogP contribution in [0.2, 0.25) is 0 Å². The summed E-state index contributed by atoms with van der Waals surface area (Å²) in [5.41, 5.74) is 2.05. The number of hydrogen-bond acceptors (Lipinski definition) is 4. The molecule has 5 nitrogen and oxygen atoms in total. The van der Waals surface area contributed by atoms with Crippen molar-refractivity contribution in [3.05, 3.63) is 53.6 Å². The van der Waals surface area contributed by atoms with Gasteiger partial charge in [-0.15, -0.1) is 0 Å². The number of hydrogen-bond donors (Lipinski definition) is 1. The molecule has 2 aliphatic rings. The lowest BCUT2D eigenvalue weighted by molar-refractivity contribution is -0.128. The number of benzene rings is 2. The first-order valence-electron chi connectivity index (χ1n) is 10.0. The molecule has 0 spiro atoms. The number of phenolic OH excluding ortho intramolecular Hbond substituents is 1. The summed E-state index contributed by atoms with van der Waals surface area (Å²) < 4.78 is 11.7. The second-order valence-electron chi connectivity index (χ2n) is 7.78. The quantitative estimate of drug-likeness (QED) is 0.813. The Morgan fingerprint density at radius 3 is 2.68 bits per heavy atom. The van der Waals surface area contributed by atoms with Crippen molar-refractivity contribution < 1.29 is 19.4 Å². The van der Waals surface area contributed by atoms with E-state index in [4.69, 9.17) is 9.47 Å². The van der Waals surface area contributed by atoms with Gasteiger partial charge < -0.3 is 19.5 Å². The second kappa shape index (κ2) is 8.13. The molecule has 148 valence electrons. The molecule has 2 aromatic carbocycles. The zero-order valence-electron chi connectivity index (χ0n) is 16.3. The van der Waals surface area contributed by atoms with Crippen LogP contribution in [-0.2, 0) is 11.3 Å². The Bertz CT molecular complexity index is 844. The summed E-state index contributed by atoms with van der Waals surface area (Å²) in [6, 6.07) is 13.1. The minimum atomic E-state index is 0.140. The minimum Gasteiger partial charge on any atom is -0.508 e. The minimum absolute atomic E-state index is 0.140. The van der Waals surface area contributed by atoms with Crippen molar-refractivity contribution in [3.63, 3.8) is 0 Å². The Balaban J connectivity index is 1.48. The van der Waals surface area contributed by atoms with Crippen LogP contribution in [0.5, 0.6) is 17.2 Å². The van der Waals surface area contributed by atoms with Gasteiger partial charge in [-0.3, -0.25) is 4.79 Å². The van der Waals surface area contributed by atoms with Crippen LogP contribution >= 0.6 is 0 Å². The van der Waals surface area contributed by atoms with Crippen LogP contribution in [-0.4, -0.2) is 35.7 Å². The molecule has 1 amide bonds. The normalized spacial score (nSPS) is 20.0. The van der Waals surface area contributed by atoms with Gasteiger partial charge in [-0.25, -0.2) is 0 Å². The lowest BCUT2D eigenvalue weighted by atomic mass is 9.98. The standard InChI is InChI=1S/C23H27NO4/c1-27-21-10-9-17(12-22(21)28-20-7-2-3-8-20)18-13-23(26)24(15-18)14-16-5-4-6-19(25)11-16/h4-6,9-12,18,20,25H,2-3,7-8,13-15H2,1H3. The number of methoxy groups -OCH3 is 1. The van der Waals surface area contributed by atoms with Gasteiger partial charge in [0.15, 0.2) is 11.5 Å². The summed E-state index contributed by atoms with van der Waals surface area (Å²) in [5, 5.41) is 9.65. The van der Waals surface area contributed by atoms with Gasteiger partial charge in [-0.2, -0.15) is 0 Å². The van der Waals surface area contributed by atoms with Crippen LogP contribution in [0.15, 0.2) is 42.5 Å². The molecule has 1 saturated carbocycles. The molecule has 0 aromatic heterocycles. The van der Waals surface area contributed by atoms with E-state index in [0.717, 1.165) is 35.5 Å². The zero-order chi connectivity index (χ0) is 19.5. The van der Waals surface area contributed by atoms with Crippen LogP contribution < -0.4 is 9.47 Å². The van der Waals surface area contributed by atoms with Gasteiger partial charge in [0.2, 0.25) is 5.91 Å². The van der Waals surface area contributed by atoms with Crippen molar-refractivity contribution in [2.24, 2.45) is 0 Å². The van der Waals surface area contributed by atoms with E-state index in [1.165, 1.54) is 12.8 Å². The number of carbonyl (C=O) groups excluding carboxylic acids is 1. The molecule has 1 heterocycles. The lowest BCUT2D eigenvalue weighted by Gasteiger charge is -2.19. The Labute approximate surface area is 165 Å². The highest BCUT2D eigenvalue weighted by Gasteiger charge is 2.31. The fourth-order valence-corrected chi connectivity index (χ4v) is 4.25. The number of amides is 1. The van der Waals surface area contributed by atoms with E-state index in [2.05, 4.69) is 0 Å². The topological polar surface area (TPSA) is 59.0 Å². The highest BCUT2D eigenvalue weighted by Crippen LogP contribution is 2.37. The third kappa shape index (κ3) is 4.08. The van der Waals surface area contributed by atoms with Gasteiger partial charge >= 0.3 is 0 Å². The maximum absolute atomic E-state index is 12.5. The van der Waals surface area contributed by atoms with E-state index < -0.39 is 0 Å². The fraction of sp³-hybridized carbons (Fsp3) is 0.435. The van der Waals surface area contributed by atoms with Gasteiger partial charge in [-0.05, 0) is 61.1 Å². The predicted octanol–water partition coefficient (Wildman–Crippen LogP) is 4.24. The number of rotatable bonds is 6. The van der Waals surface area contributed by atoms with Crippen molar-refractivity contribution in [1.29, 1.82) is 0 Å². The van der Waals surface area contributed by atoms with Crippen molar-refractivity contribution in [3.8, 4) is 17.2 Å². The lowest BCUT2D eigenvalue weighted by Crippen LogP contribution is -2.24. The molecular weight excluding hydrogens is 354 g/mol. The number of aromatic hydroxyl groups is 1. The van der Waals surface area contributed by atoms with Crippen molar-refractivity contribution in [1.82, 2.24) is 4.90 Å². The Kier molecular flexibility index (Phi) is 5.42. The molecule has 1 N–H and O–H groups in total. The van der Waals surface area contributed by atoms with E-state index >= 15 is 0 Å². The number of carbonyl (C=O) groups is 1. The van der Waals surface area contributed by atoms with Gasteiger partial charge in [0.1, 0.15) is 5.75 Å². The summed E-state index contributed by atoms with van der Waals surface area (Å²) in [6.07, 6.45) is 5.37. The third-order valence-electron chi connectivity index (χ3n) is 5.75. The Morgan fingerprint density at radius 1 is 1.11 bits per heavy atom. The van der Waals surface area contributed by atoms with Gasteiger partial charge in [0.25, 0.3) is 0 Å². The second-order valence-corrected chi connectivity index (χ2v) is 7.78. The van der Waals surface area contributed by atoms with Crippen molar-refractivity contribution >= 4 is 5.91 Å². The van der Waals surface area contributed by atoms with E-state index in [1.54, 1.807) is 25.3 Å². The maximum atomic E-state index is 12.5. The largest absolute Gasteiger partial charge is 0.508 e. The van der Waals surface area contributed by atoms with E-state index in [1.807, 2.05) is 29.2 Å². The first-order chi connectivity index (χ1) is 13.6. The monoisotopic (exact) mass is 381 g/mol. The predicted molar refractivity (Wildman–Crippen MR) is 107 cm³/mol. The molecule has 1 aliphatic carbocycles. The number of nitrogens with zero attached hydrogens (tertiary/aromatic N) is 1. The van der Waals surface area contributed by atoms with Gasteiger partial charge in [0.05, 0.1) is 13.2 Å². The average molecular weight is 381 g/mol. The Hall–Kier alpha value is -2.69. The molecule has 1 saturated heterocycles. The summed E-state index contributed by atoms with van der Waals surface area (Å²) >= 11 is 0. The van der Waals surface area contributed by atoms with Crippen LogP contribution in [0.3, 0.4) is 0 Å². The molecule has 2 aromatic rings. The van der Waals surface area contributed by atoms with Crippen LogP contribution in [0.1, 0.15) is 49.1 Å². The molecular formula is C23H27NO4.